The molecule has 1 saturated heterocycles. The van der Waals surface area contributed by atoms with E-state index in [0.717, 1.165) is 18.4 Å². The number of aliphatic hydroxyl groups is 1. The lowest BCUT2D eigenvalue weighted by molar-refractivity contribution is -0.137. The summed E-state index contributed by atoms with van der Waals surface area (Å²) in [5.74, 6) is -0.716. The normalized spacial score (nSPS) is 26.1. The van der Waals surface area contributed by atoms with Gasteiger partial charge >= 0.3 is 5.97 Å². The Morgan fingerprint density at radius 2 is 1.81 bits per heavy atom. The lowest BCUT2D eigenvalue weighted by Gasteiger charge is -2.38. The molecule has 0 amide bonds. The largest absolute Gasteiger partial charge is 0.491 e. The molecule has 1 saturated carbocycles. The molecule has 1 aliphatic heterocycles. The average Bonchev–Trinajstić information content (AvgIpc) is 3.43. The SMILES string of the molecule is O=C(O)CCC/C=C\C[C@@H]1[C@@H](/C=C/[C@@H](O)COc2ccc(F)cc2)[C@H]2C[C@]1(c1ccc(F)cc1)CO2. The van der Waals surface area contributed by atoms with Crippen LogP contribution in [-0.4, -0.2) is 41.6 Å². The van der Waals surface area contributed by atoms with Gasteiger partial charge in [0.25, 0.3) is 0 Å². The van der Waals surface area contributed by atoms with E-state index >= 15 is 0 Å². The van der Waals surface area contributed by atoms with E-state index in [0.29, 0.717) is 25.2 Å². The number of carbonyl (C=O) groups is 1. The zero-order valence-electron chi connectivity index (χ0n) is 20.1. The smallest absolute Gasteiger partial charge is 0.303 e. The fourth-order valence-electron chi connectivity index (χ4n) is 5.46. The van der Waals surface area contributed by atoms with Crippen molar-refractivity contribution in [1.82, 2.24) is 0 Å². The second kappa shape index (κ2) is 11.8. The van der Waals surface area contributed by atoms with Gasteiger partial charge in [-0.05, 0) is 73.6 Å². The number of allylic oxidation sites excluding steroid dienone is 2. The molecule has 192 valence electrons. The predicted octanol–water partition coefficient (Wildman–Crippen LogP) is 5.43. The van der Waals surface area contributed by atoms with Crippen molar-refractivity contribution >= 4 is 5.97 Å². The molecule has 0 aromatic heterocycles. The number of halogens is 2. The summed E-state index contributed by atoms with van der Waals surface area (Å²) in [5, 5.41) is 19.3. The Morgan fingerprint density at radius 3 is 2.50 bits per heavy atom. The molecule has 1 aliphatic carbocycles. The number of rotatable bonds is 12. The summed E-state index contributed by atoms with van der Waals surface area (Å²) < 4.78 is 38.4. The summed E-state index contributed by atoms with van der Waals surface area (Å²) in [6.07, 6.45) is 10.0. The predicted molar refractivity (Wildman–Crippen MR) is 132 cm³/mol. The van der Waals surface area contributed by atoms with E-state index < -0.39 is 12.1 Å². The molecular formula is C29H32F2O5. The van der Waals surface area contributed by atoms with E-state index in [2.05, 4.69) is 6.08 Å². The van der Waals surface area contributed by atoms with Crippen LogP contribution < -0.4 is 4.74 Å². The minimum Gasteiger partial charge on any atom is -0.491 e. The molecule has 2 fully saturated rings. The highest BCUT2D eigenvalue weighted by Gasteiger charge is 2.58. The Kier molecular flexibility index (Phi) is 8.54. The molecule has 2 aromatic carbocycles. The Balaban J connectivity index is 1.45. The average molecular weight is 499 g/mol. The number of fused-ring (bicyclic) bond motifs is 2. The molecular weight excluding hydrogens is 466 g/mol. The number of unbranched alkanes of at least 4 members (excludes halogenated alkanes) is 1. The van der Waals surface area contributed by atoms with Gasteiger partial charge in [0.1, 0.15) is 30.1 Å². The maximum atomic E-state index is 13.6. The fourth-order valence-corrected chi connectivity index (χ4v) is 5.46. The Labute approximate surface area is 210 Å². The zero-order valence-corrected chi connectivity index (χ0v) is 20.1. The van der Waals surface area contributed by atoms with E-state index in [-0.39, 0.29) is 48.0 Å². The first kappa shape index (κ1) is 26.0. The van der Waals surface area contributed by atoms with Crippen molar-refractivity contribution in [3.63, 3.8) is 0 Å². The molecule has 2 N–H and O–H groups in total. The number of hydrogen-bond donors (Lipinski definition) is 2. The fraction of sp³-hybridized carbons (Fsp3) is 0.414. The number of hydrogen-bond acceptors (Lipinski definition) is 4. The minimum atomic E-state index is -0.844. The van der Waals surface area contributed by atoms with Crippen LogP contribution in [0, 0.1) is 23.5 Å². The number of carboxylic acids is 1. The van der Waals surface area contributed by atoms with Gasteiger partial charge in [0.2, 0.25) is 0 Å². The molecule has 2 aliphatic rings. The molecule has 0 unspecified atom stereocenters. The van der Waals surface area contributed by atoms with E-state index in [9.17, 15) is 18.7 Å². The number of ether oxygens (including phenoxy) is 2. The number of benzene rings is 2. The van der Waals surface area contributed by atoms with Gasteiger partial charge in [0, 0.05) is 17.8 Å². The first-order chi connectivity index (χ1) is 17.4. The maximum absolute atomic E-state index is 13.6. The number of aliphatic carboxylic acids is 1. The molecule has 1 heterocycles. The first-order valence-electron chi connectivity index (χ1n) is 12.4. The van der Waals surface area contributed by atoms with Crippen molar-refractivity contribution < 1.29 is 33.3 Å². The second-order valence-corrected chi connectivity index (χ2v) is 9.61. The maximum Gasteiger partial charge on any atom is 0.303 e. The van der Waals surface area contributed by atoms with Crippen LogP contribution in [0.5, 0.6) is 5.75 Å². The van der Waals surface area contributed by atoms with Crippen molar-refractivity contribution in [2.45, 2.75) is 49.7 Å². The van der Waals surface area contributed by atoms with Crippen LogP contribution in [0.1, 0.15) is 37.7 Å². The van der Waals surface area contributed by atoms with Crippen LogP contribution in [-0.2, 0) is 14.9 Å². The molecule has 4 rings (SSSR count). The van der Waals surface area contributed by atoms with Crippen LogP contribution in [0.4, 0.5) is 8.78 Å². The molecule has 7 heteroatoms. The van der Waals surface area contributed by atoms with Gasteiger partial charge in [-0.3, -0.25) is 4.79 Å². The Hall–Kier alpha value is -3.03. The van der Waals surface area contributed by atoms with Crippen LogP contribution >= 0.6 is 0 Å². The molecule has 0 radical (unpaired) electrons. The molecule has 5 nitrogen and oxygen atoms in total. The monoisotopic (exact) mass is 498 g/mol. The summed E-state index contributed by atoms with van der Waals surface area (Å²) in [5.41, 5.74) is 0.792. The van der Waals surface area contributed by atoms with Crippen molar-refractivity contribution in [2.75, 3.05) is 13.2 Å². The Bertz CT molecular complexity index is 1070. The second-order valence-electron chi connectivity index (χ2n) is 9.61. The van der Waals surface area contributed by atoms with Crippen LogP contribution in [0.2, 0.25) is 0 Å². The highest BCUT2D eigenvalue weighted by molar-refractivity contribution is 5.66. The van der Waals surface area contributed by atoms with Crippen molar-refractivity contribution in [1.29, 1.82) is 0 Å². The minimum absolute atomic E-state index is 0.0121. The van der Waals surface area contributed by atoms with Crippen LogP contribution in [0.3, 0.4) is 0 Å². The van der Waals surface area contributed by atoms with E-state index in [1.165, 1.54) is 36.4 Å². The van der Waals surface area contributed by atoms with Gasteiger partial charge in [-0.2, -0.15) is 0 Å². The molecule has 36 heavy (non-hydrogen) atoms. The Morgan fingerprint density at radius 1 is 1.11 bits per heavy atom. The molecule has 2 aromatic rings. The summed E-state index contributed by atoms with van der Waals surface area (Å²) in [4.78, 5) is 10.7. The lowest BCUT2D eigenvalue weighted by atomic mass is 9.69. The van der Waals surface area contributed by atoms with Gasteiger partial charge in [-0.15, -0.1) is 0 Å². The van der Waals surface area contributed by atoms with Crippen LogP contribution in [0.25, 0.3) is 0 Å². The number of carboxylic acid groups (broad SMARTS) is 1. The van der Waals surface area contributed by atoms with Gasteiger partial charge in [-0.1, -0.05) is 36.4 Å². The van der Waals surface area contributed by atoms with Crippen LogP contribution in [0.15, 0.2) is 72.8 Å². The lowest BCUT2D eigenvalue weighted by Crippen LogP contribution is -2.39. The topological polar surface area (TPSA) is 76.0 Å². The van der Waals surface area contributed by atoms with Gasteiger partial charge in [-0.25, -0.2) is 8.78 Å². The molecule has 5 atom stereocenters. The summed E-state index contributed by atoms with van der Waals surface area (Å²) in [6, 6.07) is 12.3. The third-order valence-electron chi connectivity index (χ3n) is 7.25. The first-order valence-corrected chi connectivity index (χ1v) is 12.4. The van der Waals surface area contributed by atoms with Crippen molar-refractivity contribution in [2.24, 2.45) is 11.8 Å². The van der Waals surface area contributed by atoms with E-state index in [4.69, 9.17) is 14.6 Å². The van der Waals surface area contributed by atoms with E-state index in [1.54, 1.807) is 6.08 Å². The van der Waals surface area contributed by atoms with E-state index in [1.807, 2.05) is 24.3 Å². The number of aliphatic hydroxyl groups excluding tert-OH is 1. The summed E-state index contributed by atoms with van der Waals surface area (Å²) >= 11 is 0. The van der Waals surface area contributed by atoms with Gasteiger partial charge < -0.3 is 19.7 Å². The summed E-state index contributed by atoms with van der Waals surface area (Å²) in [7, 11) is 0. The van der Waals surface area contributed by atoms with Gasteiger partial charge in [0.15, 0.2) is 0 Å². The zero-order chi connectivity index (χ0) is 25.5. The highest BCUT2D eigenvalue weighted by Crippen LogP contribution is 2.57. The quantitative estimate of drug-likeness (QED) is 0.301. The highest BCUT2D eigenvalue weighted by atomic mass is 19.1. The standard InChI is InChI=1S/C29H32F2O5/c30-21-9-7-20(8-10-21)29-17-27(36-19-29)25(26(29)5-3-1-2-4-6-28(33)34)16-13-23(32)18-35-24-14-11-22(31)12-15-24/h1,3,7-16,23,25-27,32H,2,4-6,17-19H2,(H,33,34)/b3-1-,16-13+/t23-,25-,26-,27-,29-/m1/s1. The van der Waals surface area contributed by atoms with Crippen molar-refractivity contribution in [3.8, 4) is 5.75 Å². The molecule has 0 spiro atoms. The summed E-state index contributed by atoms with van der Waals surface area (Å²) in [6.45, 7) is 0.596. The van der Waals surface area contributed by atoms with Crippen molar-refractivity contribution in [3.05, 3.63) is 90.0 Å². The van der Waals surface area contributed by atoms with Gasteiger partial charge in [0.05, 0.1) is 12.7 Å². The third-order valence-corrected chi connectivity index (χ3v) is 7.25. The third kappa shape index (κ3) is 6.20. The molecule has 2 bridgehead atoms.